The molecule has 1 aromatic heterocycles. The van der Waals surface area contributed by atoms with Gasteiger partial charge in [-0.2, -0.15) is 13.9 Å². The fourth-order valence-corrected chi connectivity index (χ4v) is 4.12. The predicted octanol–water partition coefficient (Wildman–Crippen LogP) is 4.46. The summed E-state index contributed by atoms with van der Waals surface area (Å²) in [7, 11) is -0.576. The highest BCUT2D eigenvalue weighted by molar-refractivity contribution is 7.85. The van der Waals surface area contributed by atoms with E-state index in [1.54, 1.807) is 25.4 Å². The Morgan fingerprint density at radius 1 is 1.21 bits per heavy atom. The summed E-state index contributed by atoms with van der Waals surface area (Å²) >= 11 is 0. The lowest BCUT2D eigenvalue weighted by Crippen LogP contribution is -2.16. The second-order valence-corrected chi connectivity index (χ2v) is 8.25. The lowest BCUT2D eigenvalue weighted by molar-refractivity contribution is 0.112. The van der Waals surface area contributed by atoms with E-state index in [0.29, 0.717) is 17.1 Å². The van der Waals surface area contributed by atoms with Gasteiger partial charge in [0.05, 0.1) is 17.3 Å². The van der Waals surface area contributed by atoms with E-state index in [1.807, 2.05) is 10.8 Å². The molecule has 2 N–H and O–H groups in total. The van der Waals surface area contributed by atoms with Crippen molar-refractivity contribution in [2.24, 2.45) is 0 Å². The van der Waals surface area contributed by atoms with Crippen LogP contribution in [-0.4, -0.2) is 33.1 Å². The molecule has 3 rings (SSSR count). The van der Waals surface area contributed by atoms with Gasteiger partial charge in [0, 0.05) is 17.6 Å². The number of aromatic nitrogens is 2. The monoisotopic (exact) mass is 422 g/mol. The Morgan fingerprint density at radius 2 is 1.90 bits per heavy atom. The van der Waals surface area contributed by atoms with E-state index in [1.165, 1.54) is 18.6 Å². The van der Waals surface area contributed by atoms with Crippen LogP contribution >= 0.6 is 0 Å². The molecule has 1 aliphatic carbocycles. The largest absolute Gasteiger partial charge is 0.394 e. The van der Waals surface area contributed by atoms with Crippen LogP contribution in [0.3, 0.4) is 0 Å². The van der Waals surface area contributed by atoms with Crippen LogP contribution in [0.5, 0.6) is 0 Å². The molecule has 0 amide bonds. The molecule has 1 unspecified atom stereocenters. The average molecular weight is 423 g/mol. The van der Waals surface area contributed by atoms with Gasteiger partial charge in [-0.3, -0.25) is 9.48 Å². The number of alkyl halides is 2. The highest BCUT2D eigenvalue weighted by atomic mass is 32.2. The lowest BCUT2D eigenvalue weighted by atomic mass is 9.95. The summed E-state index contributed by atoms with van der Waals surface area (Å²) in [6.45, 7) is 0. The Bertz CT molecular complexity index is 891. The summed E-state index contributed by atoms with van der Waals surface area (Å²) < 4.78 is 38.6. The highest BCUT2D eigenvalue weighted by Crippen LogP contribution is 2.33. The van der Waals surface area contributed by atoms with Crippen molar-refractivity contribution in [3.8, 4) is 0 Å². The van der Waals surface area contributed by atoms with Crippen molar-refractivity contribution in [1.82, 2.24) is 15.1 Å². The summed E-state index contributed by atoms with van der Waals surface area (Å²) in [6, 6.07) is 6.08. The molecule has 1 fully saturated rings. The summed E-state index contributed by atoms with van der Waals surface area (Å²) in [5.41, 5.74) is 1.72. The minimum atomic E-state index is -2.93. The molecular formula is C20H24F2N4O2S. The third kappa shape index (κ3) is 4.90. The highest BCUT2D eigenvalue weighted by Gasteiger charge is 2.23. The lowest BCUT2D eigenvalue weighted by Gasteiger charge is -2.23. The quantitative estimate of drug-likeness (QED) is 0.614. The first-order valence-corrected chi connectivity index (χ1v) is 10.7. The van der Waals surface area contributed by atoms with Crippen molar-refractivity contribution < 1.29 is 17.8 Å². The van der Waals surface area contributed by atoms with Gasteiger partial charge in [-0.05, 0) is 49.4 Å². The molecule has 1 heterocycles. The summed E-state index contributed by atoms with van der Waals surface area (Å²) in [4.78, 5) is 11.9. The molecule has 29 heavy (non-hydrogen) atoms. The topological polar surface area (TPSA) is 76.0 Å². The van der Waals surface area contributed by atoms with Crippen LogP contribution in [0.2, 0.25) is 0 Å². The number of carbonyl (C=O) groups is 1. The van der Waals surface area contributed by atoms with Gasteiger partial charge in [0.2, 0.25) is 0 Å². The number of nitrogens with zero attached hydrogens (tertiary/aromatic N) is 2. The number of benzene rings is 1. The minimum absolute atomic E-state index is 0.0477. The van der Waals surface area contributed by atoms with Crippen LogP contribution in [0, 0.1) is 0 Å². The smallest absolute Gasteiger partial charge is 0.316 e. The van der Waals surface area contributed by atoms with Gasteiger partial charge in [0.1, 0.15) is 10.8 Å². The van der Waals surface area contributed by atoms with Crippen LogP contribution in [-0.2, 0) is 10.8 Å². The molecule has 0 spiro atoms. The van der Waals surface area contributed by atoms with E-state index in [4.69, 9.17) is 0 Å². The number of anilines is 2. The van der Waals surface area contributed by atoms with Crippen LogP contribution in [0.15, 0.2) is 35.4 Å². The standard InChI is InChI=1S/C20H24F2N4O2S/c1-23-12-11-18-17(13-27)19(25-26(18)15-5-3-2-4-6-15)24-14-7-9-16(10-8-14)29(28)20(21)22/h7-13,15,20,23H,2-6H2,1H3,(H,24,25)/b12-11-. The van der Waals surface area contributed by atoms with Gasteiger partial charge in [0.15, 0.2) is 12.1 Å². The molecule has 1 aliphatic rings. The Balaban J connectivity index is 1.92. The van der Waals surface area contributed by atoms with Crippen molar-refractivity contribution in [2.45, 2.75) is 48.8 Å². The van der Waals surface area contributed by atoms with Gasteiger partial charge in [-0.25, -0.2) is 4.21 Å². The Labute approximate surface area is 170 Å². The third-order valence-corrected chi connectivity index (χ3v) is 6.00. The van der Waals surface area contributed by atoms with E-state index in [0.717, 1.165) is 37.7 Å². The summed E-state index contributed by atoms with van der Waals surface area (Å²) in [6.07, 6.45) is 9.82. The van der Waals surface area contributed by atoms with E-state index in [-0.39, 0.29) is 10.9 Å². The maximum absolute atomic E-state index is 12.6. The van der Waals surface area contributed by atoms with Crippen molar-refractivity contribution in [1.29, 1.82) is 0 Å². The molecule has 0 bridgehead atoms. The molecule has 0 aliphatic heterocycles. The maximum atomic E-state index is 12.6. The molecule has 6 nitrogen and oxygen atoms in total. The number of halogens is 2. The van der Waals surface area contributed by atoms with E-state index in [2.05, 4.69) is 15.7 Å². The fraction of sp³-hybridized carbons (Fsp3) is 0.400. The van der Waals surface area contributed by atoms with Crippen LogP contribution in [0.4, 0.5) is 20.3 Å². The van der Waals surface area contributed by atoms with Gasteiger partial charge >= 0.3 is 5.76 Å². The van der Waals surface area contributed by atoms with Gasteiger partial charge in [0.25, 0.3) is 0 Å². The number of hydrogen-bond acceptors (Lipinski definition) is 5. The van der Waals surface area contributed by atoms with E-state index >= 15 is 0 Å². The number of carbonyl (C=O) groups excluding carboxylic acids is 1. The first-order chi connectivity index (χ1) is 14.0. The van der Waals surface area contributed by atoms with E-state index < -0.39 is 16.6 Å². The number of rotatable bonds is 8. The normalized spacial score (nSPS) is 16.3. The van der Waals surface area contributed by atoms with Crippen LogP contribution in [0.25, 0.3) is 6.08 Å². The first kappa shape index (κ1) is 21.2. The molecule has 9 heteroatoms. The molecule has 0 saturated heterocycles. The molecule has 0 radical (unpaired) electrons. The molecule has 1 atom stereocenters. The fourth-order valence-electron chi connectivity index (χ4n) is 3.51. The SMILES string of the molecule is CN/C=C\c1c(C=O)c(Nc2ccc(S(=O)C(F)F)cc2)nn1C1CCCCC1. The van der Waals surface area contributed by atoms with E-state index in [9.17, 15) is 17.8 Å². The minimum Gasteiger partial charge on any atom is -0.394 e. The van der Waals surface area contributed by atoms with Crippen molar-refractivity contribution in [3.63, 3.8) is 0 Å². The zero-order valence-corrected chi connectivity index (χ0v) is 16.9. The van der Waals surface area contributed by atoms with Crippen LogP contribution < -0.4 is 10.6 Å². The summed E-state index contributed by atoms with van der Waals surface area (Å²) in [5, 5.41) is 10.7. The molecule has 1 aromatic carbocycles. The number of hydrogen-bond donors (Lipinski definition) is 2. The second-order valence-electron chi connectivity index (χ2n) is 6.83. The summed E-state index contributed by atoms with van der Waals surface area (Å²) in [5.74, 6) is -2.52. The zero-order chi connectivity index (χ0) is 20.8. The molecule has 1 saturated carbocycles. The predicted molar refractivity (Wildman–Crippen MR) is 110 cm³/mol. The molecule has 2 aromatic rings. The van der Waals surface area contributed by atoms with Crippen LogP contribution in [0.1, 0.15) is 54.2 Å². The van der Waals surface area contributed by atoms with Gasteiger partial charge < -0.3 is 10.6 Å². The van der Waals surface area contributed by atoms with Crippen molar-refractivity contribution in [3.05, 3.63) is 41.7 Å². The first-order valence-electron chi connectivity index (χ1n) is 9.52. The number of nitrogens with one attached hydrogen (secondary N) is 2. The second kappa shape index (κ2) is 9.78. The Morgan fingerprint density at radius 3 is 2.48 bits per heavy atom. The Hall–Kier alpha value is -2.55. The van der Waals surface area contributed by atoms with Gasteiger partial charge in [-0.15, -0.1) is 0 Å². The number of aldehydes is 1. The Kier molecular flexibility index (Phi) is 7.13. The third-order valence-electron chi connectivity index (χ3n) is 4.94. The molecule has 156 valence electrons. The molecular weight excluding hydrogens is 398 g/mol. The van der Waals surface area contributed by atoms with Gasteiger partial charge in [-0.1, -0.05) is 19.3 Å². The average Bonchev–Trinajstić information content (AvgIpc) is 3.09. The van der Waals surface area contributed by atoms with Crippen molar-refractivity contribution in [2.75, 3.05) is 12.4 Å². The zero-order valence-electron chi connectivity index (χ0n) is 16.1. The van der Waals surface area contributed by atoms with Crippen molar-refractivity contribution >= 4 is 34.7 Å². The maximum Gasteiger partial charge on any atom is 0.316 e.